The van der Waals surface area contributed by atoms with E-state index in [1.54, 1.807) is 0 Å². The van der Waals surface area contributed by atoms with Crippen molar-refractivity contribution in [1.82, 2.24) is 4.98 Å². The van der Waals surface area contributed by atoms with E-state index in [1.165, 1.54) is 19.3 Å². The van der Waals surface area contributed by atoms with Crippen molar-refractivity contribution in [1.29, 1.82) is 0 Å². The molecule has 0 spiro atoms. The molecule has 2 heterocycles. The van der Waals surface area contributed by atoms with Gasteiger partial charge in [-0.3, -0.25) is 0 Å². The lowest BCUT2D eigenvalue weighted by Gasteiger charge is -2.36. The number of hydrogen-bond donors (Lipinski definition) is 1. The van der Waals surface area contributed by atoms with Gasteiger partial charge in [-0.25, -0.2) is 4.98 Å². The van der Waals surface area contributed by atoms with Crippen molar-refractivity contribution in [2.45, 2.75) is 38.6 Å². The summed E-state index contributed by atoms with van der Waals surface area (Å²) in [6, 6.07) is 10.7. The van der Waals surface area contributed by atoms with E-state index in [4.69, 9.17) is 22.9 Å². The van der Waals surface area contributed by atoms with Crippen LogP contribution < -0.4 is 10.6 Å². The molecule has 1 saturated heterocycles. The fraction of sp³-hybridized carbons (Fsp3) is 0.412. The predicted octanol–water partition coefficient (Wildman–Crippen LogP) is 3.64. The Bertz CT molecular complexity index is 668. The van der Waals surface area contributed by atoms with Crippen molar-refractivity contribution in [3.05, 3.63) is 35.9 Å². The third-order valence-corrected chi connectivity index (χ3v) is 4.58. The van der Waals surface area contributed by atoms with E-state index in [0.717, 1.165) is 35.2 Å². The largest absolute Gasteiger partial charge is 0.389 e. The van der Waals surface area contributed by atoms with Crippen LogP contribution >= 0.6 is 12.2 Å². The molecule has 1 fully saturated rings. The van der Waals surface area contributed by atoms with Crippen molar-refractivity contribution < 1.29 is 0 Å². The Morgan fingerprint density at radius 3 is 2.95 bits per heavy atom. The maximum Gasteiger partial charge on any atom is 0.130 e. The van der Waals surface area contributed by atoms with E-state index >= 15 is 0 Å². The highest BCUT2D eigenvalue weighted by Crippen LogP contribution is 2.28. The zero-order chi connectivity index (χ0) is 14.8. The predicted molar refractivity (Wildman–Crippen MR) is 92.9 cm³/mol. The second-order valence-electron chi connectivity index (χ2n) is 5.66. The molecule has 2 N–H and O–H groups in total. The molecule has 3 rings (SSSR count). The highest BCUT2D eigenvalue weighted by Gasteiger charge is 2.23. The van der Waals surface area contributed by atoms with Crippen LogP contribution in [-0.4, -0.2) is 22.6 Å². The smallest absolute Gasteiger partial charge is 0.130 e. The van der Waals surface area contributed by atoms with Crippen LogP contribution in [0.25, 0.3) is 10.9 Å². The summed E-state index contributed by atoms with van der Waals surface area (Å²) in [5, 5.41) is 1.04. The normalized spacial score (nSPS) is 18.9. The molecule has 3 nitrogen and oxygen atoms in total. The summed E-state index contributed by atoms with van der Waals surface area (Å²) in [5.74, 6) is 1.02. The lowest BCUT2D eigenvalue weighted by atomic mass is 9.99. The lowest BCUT2D eigenvalue weighted by Crippen LogP contribution is -2.39. The van der Waals surface area contributed by atoms with Gasteiger partial charge in [0.15, 0.2) is 0 Å². The van der Waals surface area contributed by atoms with E-state index in [1.807, 2.05) is 24.3 Å². The second-order valence-corrected chi connectivity index (χ2v) is 6.10. The molecular weight excluding hydrogens is 278 g/mol. The van der Waals surface area contributed by atoms with Gasteiger partial charge in [-0.1, -0.05) is 37.3 Å². The van der Waals surface area contributed by atoms with Crippen LogP contribution in [0.5, 0.6) is 0 Å². The zero-order valence-electron chi connectivity index (χ0n) is 12.4. The molecule has 0 radical (unpaired) electrons. The highest BCUT2D eigenvalue weighted by atomic mass is 32.1. The molecule has 110 valence electrons. The number of benzene rings is 1. The molecule has 0 amide bonds. The van der Waals surface area contributed by atoms with Crippen LogP contribution in [-0.2, 0) is 0 Å². The number of fused-ring (bicyclic) bond motifs is 1. The van der Waals surface area contributed by atoms with Gasteiger partial charge >= 0.3 is 0 Å². The lowest BCUT2D eigenvalue weighted by molar-refractivity contribution is 0.447. The van der Waals surface area contributed by atoms with Gasteiger partial charge in [0, 0.05) is 23.5 Å². The molecule has 1 aromatic carbocycles. The zero-order valence-corrected chi connectivity index (χ0v) is 13.2. The average molecular weight is 299 g/mol. The van der Waals surface area contributed by atoms with E-state index in [2.05, 4.69) is 17.9 Å². The Hall–Kier alpha value is -1.68. The van der Waals surface area contributed by atoms with Crippen LogP contribution in [0.3, 0.4) is 0 Å². The Labute approximate surface area is 131 Å². The number of nitrogens with two attached hydrogens (primary N) is 1. The van der Waals surface area contributed by atoms with E-state index < -0.39 is 0 Å². The van der Waals surface area contributed by atoms with Crippen molar-refractivity contribution in [3.63, 3.8) is 0 Å². The molecule has 1 atom stereocenters. The number of hydrogen-bond acceptors (Lipinski definition) is 3. The number of pyridine rings is 1. The molecule has 21 heavy (non-hydrogen) atoms. The van der Waals surface area contributed by atoms with Gasteiger partial charge in [0.1, 0.15) is 10.8 Å². The van der Waals surface area contributed by atoms with E-state index in [9.17, 15) is 0 Å². The number of thiocarbonyl (C=S) groups is 1. The Balaban J connectivity index is 2.12. The van der Waals surface area contributed by atoms with Crippen molar-refractivity contribution >= 4 is 33.9 Å². The fourth-order valence-corrected chi connectivity index (χ4v) is 3.41. The fourth-order valence-electron chi connectivity index (χ4n) is 3.24. The topological polar surface area (TPSA) is 42.1 Å². The van der Waals surface area contributed by atoms with Gasteiger partial charge in [-0.05, 0) is 37.8 Å². The summed E-state index contributed by atoms with van der Waals surface area (Å²) in [6.45, 7) is 3.32. The standard InChI is InChI=1S/C17H21N3S/c1-2-12-7-5-6-10-20(12)16-11-14(17(18)21)13-8-3-4-9-15(13)19-16/h3-4,8-9,11-12H,2,5-7,10H2,1H3,(H2,18,21). The number of para-hydroxylation sites is 1. The number of anilines is 1. The molecule has 2 aromatic rings. The van der Waals surface area contributed by atoms with Crippen molar-refractivity contribution in [2.24, 2.45) is 5.73 Å². The van der Waals surface area contributed by atoms with E-state index in [0.29, 0.717) is 11.0 Å². The van der Waals surface area contributed by atoms with Gasteiger partial charge in [0.2, 0.25) is 0 Å². The first kappa shape index (κ1) is 14.3. The minimum atomic E-state index is 0.444. The van der Waals surface area contributed by atoms with Crippen molar-refractivity contribution in [3.8, 4) is 0 Å². The molecule has 0 saturated carbocycles. The molecule has 0 bridgehead atoms. The third kappa shape index (κ3) is 2.72. The summed E-state index contributed by atoms with van der Waals surface area (Å²) in [6.07, 6.45) is 4.93. The first-order valence-corrected chi connectivity index (χ1v) is 8.07. The molecule has 1 aromatic heterocycles. The maximum atomic E-state index is 5.93. The Morgan fingerprint density at radius 2 is 2.19 bits per heavy atom. The molecule has 0 aliphatic carbocycles. The van der Waals surface area contributed by atoms with Gasteiger partial charge < -0.3 is 10.6 Å². The molecule has 1 aliphatic rings. The van der Waals surface area contributed by atoms with Crippen LogP contribution in [0.4, 0.5) is 5.82 Å². The van der Waals surface area contributed by atoms with Gasteiger partial charge in [0.25, 0.3) is 0 Å². The summed E-state index contributed by atoms with van der Waals surface area (Å²) >= 11 is 5.24. The number of rotatable bonds is 3. The SMILES string of the molecule is CCC1CCCCN1c1cc(C(N)=S)c2ccccc2n1. The number of piperidine rings is 1. The third-order valence-electron chi connectivity index (χ3n) is 4.36. The van der Waals surface area contributed by atoms with Crippen LogP contribution in [0.1, 0.15) is 38.2 Å². The van der Waals surface area contributed by atoms with Gasteiger partial charge in [0.05, 0.1) is 5.52 Å². The molecule has 1 aliphatic heterocycles. The molecule has 4 heteroatoms. The first-order valence-electron chi connectivity index (χ1n) is 7.67. The summed E-state index contributed by atoms with van der Waals surface area (Å²) < 4.78 is 0. The van der Waals surface area contributed by atoms with Crippen LogP contribution in [0, 0.1) is 0 Å². The van der Waals surface area contributed by atoms with Gasteiger partial charge in [-0.15, -0.1) is 0 Å². The van der Waals surface area contributed by atoms with Crippen molar-refractivity contribution in [2.75, 3.05) is 11.4 Å². The van der Waals surface area contributed by atoms with E-state index in [-0.39, 0.29) is 0 Å². The number of aromatic nitrogens is 1. The van der Waals surface area contributed by atoms with Gasteiger partial charge in [-0.2, -0.15) is 0 Å². The second kappa shape index (κ2) is 5.98. The van der Waals surface area contributed by atoms with Crippen LogP contribution in [0.2, 0.25) is 0 Å². The first-order chi connectivity index (χ1) is 10.2. The molecular formula is C17H21N3S. The minimum Gasteiger partial charge on any atom is -0.389 e. The Kier molecular flexibility index (Phi) is 4.06. The molecule has 1 unspecified atom stereocenters. The quantitative estimate of drug-likeness (QED) is 0.879. The monoisotopic (exact) mass is 299 g/mol. The summed E-state index contributed by atoms with van der Waals surface area (Å²) in [7, 11) is 0. The minimum absolute atomic E-state index is 0.444. The average Bonchev–Trinajstić information content (AvgIpc) is 2.53. The Morgan fingerprint density at radius 1 is 1.38 bits per heavy atom. The highest BCUT2D eigenvalue weighted by molar-refractivity contribution is 7.80. The number of nitrogens with zero attached hydrogens (tertiary/aromatic N) is 2. The summed E-state index contributed by atoms with van der Waals surface area (Å²) in [5.41, 5.74) is 7.84. The van der Waals surface area contributed by atoms with Crippen LogP contribution in [0.15, 0.2) is 30.3 Å². The maximum absolute atomic E-state index is 5.93. The summed E-state index contributed by atoms with van der Waals surface area (Å²) in [4.78, 5) is 7.72.